The van der Waals surface area contributed by atoms with Crippen molar-refractivity contribution in [2.24, 2.45) is 0 Å². The second kappa shape index (κ2) is 9.08. The van der Waals surface area contributed by atoms with E-state index in [9.17, 15) is 0 Å². The van der Waals surface area contributed by atoms with Crippen molar-refractivity contribution in [3.05, 3.63) is 59.5 Å². The van der Waals surface area contributed by atoms with Crippen LogP contribution in [-0.2, 0) is 12.8 Å². The Morgan fingerprint density at radius 3 is 2.57 bits per heavy atom. The van der Waals surface area contributed by atoms with Crippen LogP contribution in [0.15, 0.2) is 46.9 Å². The van der Waals surface area contributed by atoms with E-state index < -0.39 is 0 Å². The summed E-state index contributed by atoms with van der Waals surface area (Å²) in [4.78, 5) is 0. The summed E-state index contributed by atoms with van der Waals surface area (Å²) in [6, 6.07) is 14.6. The summed E-state index contributed by atoms with van der Waals surface area (Å²) < 4.78 is 5.72. The molecule has 0 aliphatic heterocycles. The van der Waals surface area contributed by atoms with Crippen LogP contribution in [0.5, 0.6) is 0 Å². The number of aryl methyl sites for hydroxylation is 2. The molecule has 0 spiro atoms. The summed E-state index contributed by atoms with van der Waals surface area (Å²) in [5.41, 5.74) is 1.38. The van der Waals surface area contributed by atoms with Crippen LogP contribution < -0.4 is 0 Å². The Labute approximate surface area is 128 Å². The highest BCUT2D eigenvalue weighted by molar-refractivity contribution is 5.26. The lowest BCUT2D eigenvalue weighted by Gasteiger charge is -1.96. The van der Waals surface area contributed by atoms with Crippen LogP contribution in [-0.4, -0.2) is 0 Å². The maximum Gasteiger partial charge on any atom is 0.177 e. The lowest BCUT2D eigenvalue weighted by molar-refractivity contribution is 0.488. The third kappa shape index (κ3) is 5.92. The Morgan fingerprint density at radius 1 is 0.905 bits per heavy atom. The molecule has 0 saturated carbocycles. The van der Waals surface area contributed by atoms with Crippen molar-refractivity contribution in [3.63, 3.8) is 0 Å². The van der Waals surface area contributed by atoms with Crippen molar-refractivity contribution < 1.29 is 4.42 Å². The largest absolute Gasteiger partial charge is 0.453 e. The zero-order chi connectivity index (χ0) is 14.8. The minimum Gasteiger partial charge on any atom is -0.453 e. The number of rotatable bonds is 7. The molecule has 0 aliphatic carbocycles. The smallest absolute Gasteiger partial charge is 0.177 e. The SMILES string of the molecule is CCCCCc1ccc(C#CCCCc2ccccc2)o1. The van der Waals surface area contributed by atoms with Crippen molar-refractivity contribution in [1.82, 2.24) is 0 Å². The van der Waals surface area contributed by atoms with Gasteiger partial charge in [-0.1, -0.05) is 56.0 Å². The number of unbranched alkanes of at least 4 members (excludes halogenated alkanes) is 3. The van der Waals surface area contributed by atoms with Gasteiger partial charge in [0.05, 0.1) is 0 Å². The topological polar surface area (TPSA) is 13.1 Å². The second-order valence-corrected chi connectivity index (χ2v) is 5.36. The fourth-order valence-corrected chi connectivity index (χ4v) is 2.30. The van der Waals surface area contributed by atoms with Gasteiger partial charge in [-0.25, -0.2) is 0 Å². The van der Waals surface area contributed by atoms with E-state index in [4.69, 9.17) is 4.42 Å². The van der Waals surface area contributed by atoms with E-state index in [2.05, 4.69) is 55.2 Å². The van der Waals surface area contributed by atoms with Crippen LogP contribution in [0, 0.1) is 11.8 Å². The first-order chi connectivity index (χ1) is 10.4. The molecular formula is C20H24O. The molecule has 0 N–H and O–H groups in total. The van der Waals surface area contributed by atoms with Gasteiger partial charge in [-0.2, -0.15) is 0 Å². The van der Waals surface area contributed by atoms with Crippen molar-refractivity contribution in [1.29, 1.82) is 0 Å². The molecule has 2 rings (SSSR count). The third-order valence-corrected chi connectivity index (χ3v) is 3.51. The van der Waals surface area contributed by atoms with E-state index in [0.717, 1.165) is 37.2 Å². The highest BCUT2D eigenvalue weighted by Gasteiger charge is 1.99. The van der Waals surface area contributed by atoms with Crippen LogP contribution in [0.4, 0.5) is 0 Å². The molecular weight excluding hydrogens is 256 g/mol. The molecule has 21 heavy (non-hydrogen) atoms. The first-order valence-electron chi connectivity index (χ1n) is 8.00. The molecule has 1 heterocycles. The normalized spacial score (nSPS) is 10.1. The maximum absolute atomic E-state index is 5.72. The molecule has 1 aromatic carbocycles. The number of furan rings is 1. The monoisotopic (exact) mass is 280 g/mol. The van der Waals surface area contributed by atoms with Gasteiger partial charge in [0, 0.05) is 12.8 Å². The summed E-state index contributed by atoms with van der Waals surface area (Å²) in [6.45, 7) is 2.22. The Kier molecular flexibility index (Phi) is 6.68. The summed E-state index contributed by atoms with van der Waals surface area (Å²) in [6.07, 6.45) is 7.85. The van der Waals surface area contributed by atoms with Crippen molar-refractivity contribution in [2.45, 2.75) is 51.9 Å². The molecule has 0 saturated heterocycles. The van der Waals surface area contributed by atoms with Gasteiger partial charge in [0.25, 0.3) is 0 Å². The van der Waals surface area contributed by atoms with E-state index in [0.29, 0.717) is 0 Å². The molecule has 0 bridgehead atoms. The molecule has 0 atom stereocenters. The van der Waals surface area contributed by atoms with E-state index >= 15 is 0 Å². The molecule has 0 fully saturated rings. The first kappa shape index (κ1) is 15.4. The highest BCUT2D eigenvalue weighted by Crippen LogP contribution is 2.11. The minimum absolute atomic E-state index is 0.807. The van der Waals surface area contributed by atoms with Gasteiger partial charge >= 0.3 is 0 Å². The van der Waals surface area contributed by atoms with Gasteiger partial charge in [-0.05, 0) is 42.9 Å². The van der Waals surface area contributed by atoms with Crippen molar-refractivity contribution >= 4 is 0 Å². The first-order valence-corrected chi connectivity index (χ1v) is 8.00. The van der Waals surface area contributed by atoms with Gasteiger partial charge in [0.15, 0.2) is 5.76 Å². The summed E-state index contributed by atoms with van der Waals surface area (Å²) >= 11 is 0. The molecule has 0 radical (unpaired) electrons. The Balaban J connectivity index is 1.70. The van der Waals surface area contributed by atoms with Crippen molar-refractivity contribution in [3.8, 4) is 11.8 Å². The van der Waals surface area contributed by atoms with Crippen LogP contribution in [0.3, 0.4) is 0 Å². The van der Waals surface area contributed by atoms with Crippen LogP contribution >= 0.6 is 0 Å². The van der Waals surface area contributed by atoms with Crippen LogP contribution in [0.2, 0.25) is 0 Å². The standard InChI is InChI=1S/C20H24O/c1-2-3-6-14-19-16-17-20(21-19)15-10-5-9-13-18-11-7-4-8-12-18/h4,7-8,11-12,16-17H,2-3,5-6,9,13-14H2,1H3. The van der Waals surface area contributed by atoms with E-state index in [1.165, 1.54) is 24.8 Å². The summed E-state index contributed by atoms with van der Waals surface area (Å²) in [5.74, 6) is 8.21. The molecule has 2 aromatic rings. The van der Waals surface area contributed by atoms with E-state index in [1.54, 1.807) is 0 Å². The molecule has 1 nitrogen and oxygen atoms in total. The fraction of sp³-hybridized carbons (Fsp3) is 0.400. The number of hydrogen-bond donors (Lipinski definition) is 0. The lowest BCUT2D eigenvalue weighted by Crippen LogP contribution is -1.83. The van der Waals surface area contributed by atoms with Crippen LogP contribution in [0.25, 0.3) is 0 Å². The zero-order valence-electron chi connectivity index (χ0n) is 12.9. The molecule has 0 unspecified atom stereocenters. The predicted octanol–water partition coefficient (Wildman–Crippen LogP) is 5.39. The quantitative estimate of drug-likeness (QED) is 0.490. The Morgan fingerprint density at radius 2 is 1.76 bits per heavy atom. The molecule has 110 valence electrons. The van der Waals surface area contributed by atoms with Gasteiger partial charge in [0.1, 0.15) is 5.76 Å². The van der Waals surface area contributed by atoms with Crippen LogP contribution in [0.1, 0.15) is 56.1 Å². The van der Waals surface area contributed by atoms with E-state index in [1.807, 2.05) is 6.07 Å². The molecule has 0 amide bonds. The predicted molar refractivity (Wildman–Crippen MR) is 88.2 cm³/mol. The molecule has 0 aliphatic rings. The Bertz CT molecular complexity index is 569. The van der Waals surface area contributed by atoms with E-state index in [-0.39, 0.29) is 0 Å². The van der Waals surface area contributed by atoms with Gasteiger partial charge < -0.3 is 4.42 Å². The molecule has 1 heteroatoms. The van der Waals surface area contributed by atoms with Gasteiger partial charge in [0.2, 0.25) is 0 Å². The zero-order valence-corrected chi connectivity index (χ0v) is 12.9. The third-order valence-electron chi connectivity index (χ3n) is 3.51. The fourth-order valence-electron chi connectivity index (χ4n) is 2.30. The average Bonchev–Trinajstić information content (AvgIpc) is 2.96. The summed E-state index contributed by atoms with van der Waals surface area (Å²) in [7, 11) is 0. The number of hydrogen-bond acceptors (Lipinski definition) is 1. The Hall–Kier alpha value is -1.94. The number of benzene rings is 1. The van der Waals surface area contributed by atoms with Gasteiger partial charge in [-0.15, -0.1) is 0 Å². The summed E-state index contributed by atoms with van der Waals surface area (Å²) in [5, 5.41) is 0. The lowest BCUT2D eigenvalue weighted by atomic mass is 10.1. The highest BCUT2D eigenvalue weighted by atomic mass is 16.3. The second-order valence-electron chi connectivity index (χ2n) is 5.36. The maximum atomic E-state index is 5.72. The van der Waals surface area contributed by atoms with Gasteiger partial charge in [-0.3, -0.25) is 0 Å². The minimum atomic E-state index is 0.807. The molecule has 1 aromatic heterocycles. The average molecular weight is 280 g/mol. The van der Waals surface area contributed by atoms with Crippen molar-refractivity contribution in [2.75, 3.05) is 0 Å².